The summed E-state index contributed by atoms with van der Waals surface area (Å²) >= 11 is 0. The highest BCUT2D eigenvalue weighted by Gasteiger charge is 2.27. The van der Waals surface area contributed by atoms with E-state index in [1.165, 1.54) is 0 Å². The number of nitrogens with one attached hydrogen (secondary N) is 1. The summed E-state index contributed by atoms with van der Waals surface area (Å²) in [4.78, 5) is 10.5. The number of likely N-dealkylation sites (N-methyl/N-ethyl adjacent to an activating group) is 2. The highest BCUT2D eigenvalue weighted by Crippen LogP contribution is 2.20. The number of hydrogen-bond donors (Lipinski definition) is 1. The van der Waals surface area contributed by atoms with Crippen LogP contribution in [0.3, 0.4) is 0 Å². The second kappa shape index (κ2) is 6.05. The van der Waals surface area contributed by atoms with Gasteiger partial charge >= 0.3 is 0 Å². The zero-order valence-electron chi connectivity index (χ0n) is 10.5. The van der Waals surface area contributed by atoms with Gasteiger partial charge in [0, 0.05) is 31.0 Å². The monoisotopic (exact) mass is 236 g/mol. The lowest BCUT2D eigenvalue weighted by Gasteiger charge is -2.36. The molecule has 1 aliphatic heterocycles. The van der Waals surface area contributed by atoms with Gasteiger partial charge in [-0.25, -0.2) is 9.97 Å². The first-order chi connectivity index (χ1) is 8.35. The van der Waals surface area contributed by atoms with Crippen LogP contribution in [0.5, 0.6) is 0 Å². The Morgan fingerprint density at radius 3 is 2.94 bits per heavy atom. The summed E-state index contributed by atoms with van der Waals surface area (Å²) in [6.07, 6.45) is 5.42. The zero-order chi connectivity index (χ0) is 12.1. The maximum absolute atomic E-state index is 5.86. The summed E-state index contributed by atoms with van der Waals surface area (Å²) in [6.45, 7) is 6.03. The molecule has 94 valence electrons. The Morgan fingerprint density at radius 2 is 2.29 bits per heavy atom. The summed E-state index contributed by atoms with van der Waals surface area (Å²) in [5.41, 5.74) is 1.08. The van der Waals surface area contributed by atoms with E-state index in [0.29, 0.717) is 0 Å². The molecule has 5 nitrogen and oxygen atoms in total. The standard InChI is InChI=1S/C12H20N4O/c1-3-16-4-5-17-11(8-16)12(13-2)10-6-14-9-15-7-10/h6-7,9,11-13H,3-5,8H2,1-2H3. The van der Waals surface area contributed by atoms with E-state index in [1.807, 2.05) is 19.4 Å². The van der Waals surface area contributed by atoms with Crippen molar-refractivity contribution in [2.24, 2.45) is 0 Å². The van der Waals surface area contributed by atoms with Crippen molar-refractivity contribution in [2.75, 3.05) is 33.3 Å². The number of aromatic nitrogens is 2. The molecule has 0 aliphatic carbocycles. The average Bonchev–Trinajstić information content (AvgIpc) is 2.41. The molecule has 0 spiro atoms. The van der Waals surface area contributed by atoms with E-state index in [-0.39, 0.29) is 12.1 Å². The van der Waals surface area contributed by atoms with Gasteiger partial charge in [-0.3, -0.25) is 4.90 Å². The minimum Gasteiger partial charge on any atom is -0.374 e. The van der Waals surface area contributed by atoms with E-state index in [0.717, 1.165) is 31.8 Å². The van der Waals surface area contributed by atoms with Crippen molar-refractivity contribution in [3.05, 3.63) is 24.3 Å². The second-order valence-corrected chi connectivity index (χ2v) is 4.24. The topological polar surface area (TPSA) is 50.3 Å². The van der Waals surface area contributed by atoms with Gasteiger partial charge in [0.25, 0.3) is 0 Å². The van der Waals surface area contributed by atoms with Crippen LogP contribution in [0.25, 0.3) is 0 Å². The van der Waals surface area contributed by atoms with Gasteiger partial charge in [0.05, 0.1) is 18.8 Å². The number of ether oxygens (including phenoxy) is 1. The van der Waals surface area contributed by atoms with Gasteiger partial charge in [-0.1, -0.05) is 6.92 Å². The van der Waals surface area contributed by atoms with E-state index < -0.39 is 0 Å². The average molecular weight is 236 g/mol. The third kappa shape index (κ3) is 3.00. The van der Waals surface area contributed by atoms with Gasteiger partial charge in [0.2, 0.25) is 0 Å². The van der Waals surface area contributed by atoms with Gasteiger partial charge in [0.15, 0.2) is 0 Å². The first-order valence-corrected chi connectivity index (χ1v) is 6.11. The molecule has 5 heteroatoms. The zero-order valence-corrected chi connectivity index (χ0v) is 10.5. The van der Waals surface area contributed by atoms with Crippen molar-refractivity contribution in [2.45, 2.75) is 19.1 Å². The third-order valence-electron chi connectivity index (χ3n) is 3.25. The second-order valence-electron chi connectivity index (χ2n) is 4.24. The molecule has 2 rings (SSSR count). The lowest BCUT2D eigenvalue weighted by molar-refractivity contribution is -0.0445. The highest BCUT2D eigenvalue weighted by atomic mass is 16.5. The van der Waals surface area contributed by atoms with Crippen molar-refractivity contribution in [1.82, 2.24) is 20.2 Å². The van der Waals surface area contributed by atoms with E-state index >= 15 is 0 Å². The predicted octanol–water partition coefficient (Wildman–Crippen LogP) is 0.458. The maximum atomic E-state index is 5.86. The molecule has 0 aromatic carbocycles. The molecule has 0 amide bonds. The fourth-order valence-electron chi connectivity index (χ4n) is 2.26. The van der Waals surface area contributed by atoms with Crippen LogP contribution in [0.2, 0.25) is 0 Å². The number of rotatable bonds is 4. The third-order valence-corrected chi connectivity index (χ3v) is 3.25. The molecule has 2 atom stereocenters. The molecule has 1 saturated heterocycles. The normalized spacial score (nSPS) is 23.5. The highest BCUT2D eigenvalue weighted by molar-refractivity contribution is 5.11. The van der Waals surface area contributed by atoms with Gasteiger partial charge in [-0.05, 0) is 13.6 Å². The van der Waals surface area contributed by atoms with Crippen LogP contribution in [-0.4, -0.2) is 54.3 Å². The molecule has 0 bridgehead atoms. The van der Waals surface area contributed by atoms with Crippen molar-refractivity contribution in [3.8, 4) is 0 Å². The van der Waals surface area contributed by atoms with Crippen LogP contribution in [0.1, 0.15) is 18.5 Å². The van der Waals surface area contributed by atoms with Crippen LogP contribution in [0.15, 0.2) is 18.7 Å². The first kappa shape index (κ1) is 12.4. The molecule has 1 aromatic rings. The quantitative estimate of drug-likeness (QED) is 0.823. The molecular formula is C12H20N4O. The molecule has 1 aromatic heterocycles. The van der Waals surface area contributed by atoms with Gasteiger partial charge in [-0.15, -0.1) is 0 Å². The maximum Gasteiger partial charge on any atom is 0.115 e. The predicted molar refractivity (Wildman–Crippen MR) is 65.7 cm³/mol. The summed E-state index contributed by atoms with van der Waals surface area (Å²) in [5, 5.41) is 3.30. The van der Waals surface area contributed by atoms with Crippen LogP contribution in [-0.2, 0) is 4.74 Å². The molecule has 1 N–H and O–H groups in total. The van der Waals surface area contributed by atoms with Crippen molar-refractivity contribution in [3.63, 3.8) is 0 Å². The molecule has 1 aliphatic rings. The van der Waals surface area contributed by atoms with Crippen LogP contribution in [0.4, 0.5) is 0 Å². The van der Waals surface area contributed by atoms with E-state index in [2.05, 4.69) is 27.1 Å². The first-order valence-electron chi connectivity index (χ1n) is 6.11. The Bertz CT molecular complexity index is 333. The number of hydrogen-bond acceptors (Lipinski definition) is 5. The number of morpholine rings is 1. The molecule has 2 heterocycles. The fraction of sp³-hybridized carbons (Fsp3) is 0.667. The van der Waals surface area contributed by atoms with Gasteiger partial charge in [-0.2, -0.15) is 0 Å². The Morgan fingerprint density at radius 1 is 1.53 bits per heavy atom. The Kier molecular flexibility index (Phi) is 4.42. The lowest BCUT2D eigenvalue weighted by atomic mass is 10.0. The Balaban J connectivity index is 2.08. The van der Waals surface area contributed by atoms with E-state index in [9.17, 15) is 0 Å². The Labute approximate surface area is 102 Å². The largest absolute Gasteiger partial charge is 0.374 e. The smallest absolute Gasteiger partial charge is 0.115 e. The SMILES string of the molecule is CCN1CCOC(C(NC)c2cncnc2)C1. The van der Waals surface area contributed by atoms with Gasteiger partial charge in [0.1, 0.15) is 6.33 Å². The van der Waals surface area contributed by atoms with E-state index in [4.69, 9.17) is 4.74 Å². The molecule has 0 radical (unpaired) electrons. The van der Waals surface area contributed by atoms with Crippen LogP contribution in [0, 0.1) is 0 Å². The molecule has 17 heavy (non-hydrogen) atoms. The molecule has 0 saturated carbocycles. The van der Waals surface area contributed by atoms with Crippen molar-refractivity contribution in [1.29, 1.82) is 0 Å². The molecule has 2 unspecified atom stereocenters. The summed E-state index contributed by atoms with van der Waals surface area (Å²) in [5.74, 6) is 0. The summed E-state index contributed by atoms with van der Waals surface area (Å²) in [7, 11) is 1.95. The van der Waals surface area contributed by atoms with Crippen molar-refractivity contribution < 1.29 is 4.74 Å². The van der Waals surface area contributed by atoms with Crippen molar-refractivity contribution >= 4 is 0 Å². The summed E-state index contributed by atoms with van der Waals surface area (Å²) in [6, 6.07) is 0.158. The number of nitrogens with zero attached hydrogens (tertiary/aromatic N) is 3. The molecule has 1 fully saturated rings. The lowest BCUT2D eigenvalue weighted by Crippen LogP contribution is -2.47. The summed E-state index contributed by atoms with van der Waals surface area (Å²) < 4.78 is 5.86. The minimum absolute atomic E-state index is 0.158. The molecular weight excluding hydrogens is 216 g/mol. The minimum atomic E-state index is 0.158. The van der Waals surface area contributed by atoms with Gasteiger partial charge < -0.3 is 10.1 Å². The van der Waals surface area contributed by atoms with Crippen LogP contribution >= 0.6 is 0 Å². The Hall–Kier alpha value is -1.04. The fourth-order valence-corrected chi connectivity index (χ4v) is 2.26. The van der Waals surface area contributed by atoms with E-state index in [1.54, 1.807) is 6.33 Å². The van der Waals surface area contributed by atoms with Crippen LogP contribution < -0.4 is 5.32 Å².